The third kappa shape index (κ3) is 4.86. The van der Waals surface area contributed by atoms with E-state index in [9.17, 15) is 0 Å². The maximum atomic E-state index is 2.54. The van der Waals surface area contributed by atoms with Gasteiger partial charge in [0.2, 0.25) is 0 Å². The van der Waals surface area contributed by atoms with Crippen molar-refractivity contribution in [3.8, 4) is 33.4 Å². The number of para-hydroxylation sites is 1. The molecule has 2 aliphatic rings. The van der Waals surface area contributed by atoms with Crippen LogP contribution in [0.2, 0.25) is 0 Å². The van der Waals surface area contributed by atoms with Gasteiger partial charge >= 0.3 is 0 Å². The van der Waals surface area contributed by atoms with E-state index >= 15 is 0 Å². The van der Waals surface area contributed by atoms with Crippen molar-refractivity contribution >= 4 is 33.7 Å². The van der Waals surface area contributed by atoms with Crippen molar-refractivity contribution < 1.29 is 0 Å². The van der Waals surface area contributed by atoms with E-state index < -0.39 is 0 Å². The summed E-state index contributed by atoms with van der Waals surface area (Å²) in [6, 6.07) is 57.2. The fourth-order valence-corrected chi connectivity index (χ4v) is 8.10. The third-order valence-electron chi connectivity index (χ3n) is 10.5. The Morgan fingerprint density at radius 1 is 0.510 bits per heavy atom. The van der Waals surface area contributed by atoms with Crippen LogP contribution in [0.5, 0.6) is 0 Å². The van der Waals surface area contributed by atoms with Crippen LogP contribution < -0.4 is 4.90 Å². The molecule has 0 radical (unpaired) electrons. The average molecular weight is 631 g/mol. The van der Waals surface area contributed by atoms with Crippen molar-refractivity contribution in [3.05, 3.63) is 181 Å². The predicted molar refractivity (Wildman–Crippen MR) is 208 cm³/mol. The van der Waals surface area contributed by atoms with E-state index in [1.807, 2.05) is 0 Å². The van der Waals surface area contributed by atoms with Crippen LogP contribution in [0.1, 0.15) is 32.4 Å². The second-order valence-corrected chi connectivity index (χ2v) is 13.7. The molecule has 2 heteroatoms. The molecular weight excluding hydrogens is 593 g/mol. The highest BCUT2D eigenvalue weighted by Gasteiger charge is 2.41. The summed E-state index contributed by atoms with van der Waals surface area (Å²) in [5.41, 5.74) is 16.4. The predicted octanol–water partition coefficient (Wildman–Crippen LogP) is 13.0. The highest BCUT2D eigenvalue weighted by atomic mass is 15.1. The maximum absolute atomic E-state index is 2.54. The largest absolute Gasteiger partial charge is 0.312 e. The Labute approximate surface area is 288 Å². The summed E-state index contributed by atoms with van der Waals surface area (Å²) < 4.78 is 2.54. The van der Waals surface area contributed by atoms with Crippen LogP contribution in [-0.2, 0) is 5.41 Å². The van der Waals surface area contributed by atoms with Crippen molar-refractivity contribution in [1.29, 1.82) is 0 Å². The van der Waals surface area contributed by atoms with E-state index in [0.717, 1.165) is 29.9 Å². The van der Waals surface area contributed by atoms with Crippen molar-refractivity contribution in [2.45, 2.75) is 32.1 Å². The molecule has 6 aromatic carbocycles. The van der Waals surface area contributed by atoms with Crippen LogP contribution >= 0.6 is 0 Å². The molecule has 7 aromatic rings. The first-order valence-corrected chi connectivity index (χ1v) is 17.3. The van der Waals surface area contributed by atoms with Gasteiger partial charge < -0.3 is 9.47 Å². The molecular formula is C47H38N2. The number of benzene rings is 6. The number of rotatable bonds is 6. The molecule has 0 spiro atoms. The van der Waals surface area contributed by atoms with E-state index in [1.165, 1.54) is 55.7 Å². The smallest absolute Gasteiger partial charge is 0.0538 e. The lowest BCUT2D eigenvalue weighted by Gasteiger charge is -2.27. The highest BCUT2D eigenvalue weighted by molar-refractivity contribution is 6.03. The topological polar surface area (TPSA) is 8.17 Å². The molecule has 0 saturated carbocycles. The van der Waals surface area contributed by atoms with Gasteiger partial charge in [-0.1, -0.05) is 135 Å². The van der Waals surface area contributed by atoms with E-state index in [4.69, 9.17) is 0 Å². The fourth-order valence-electron chi connectivity index (χ4n) is 8.10. The molecule has 0 N–H and O–H groups in total. The monoisotopic (exact) mass is 630 g/mol. The van der Waals surface area contributed by atoms with Crippen LogP contribution in [-0.4, -0.2) is 4.57 Å². The molecule has 49 heavy (non-hydrogen) atoms. The first-order chi connectivity index (χ1) is 24.1. The SMILES string of the molecule is CC1(C)C2=C(C=CCC2)n2c1c(-c1ccc(N(c3ccc(-c4ccccc4)cc3)c3ccc(-c4ccccc4)cc3)cc1)c1ccccc12. The van der Waals surface area contributed by atoms with Gasteiger partial charge in [0.15, 0.2) is 0 Å². The van der Waals surface area contributed by atoms with Crippen molar-refractivity contribution in [1.82, 2.24) is 4.57 Å². The maximum Gasteiger partial charge on any atom is 0.0538 e. The Hall–Kier alpha value is -5.86. The minimum Gasteiger partial charge on any atom is -0.312 e. The Bertz CT molecular complexity index is 2270. The Kier molecular flexibility index (Phi) is 6.98. The average Bonchev–Trinajstić information content (AvgIpc) is 3.64. The number of anilines is 3. The molecule has 2 nitrogen and oxygen atoms in total. The van der Waals surface area contributed by atoms with E-state index in [0.29, 0.717) is 0 Å². The summed E-state index contributed by atoms with van der Waals surface area (Å²) in [5.74, 6) is 0. The Morgan fingerprint density at radius 2 is 0.980 bits per heavy atom. The summed E-state index contributed by atoms with van der Waals surface area (Å²) in [4.78, 5) is 2.37. The number of hydrogen-bond acceptors (Lipinski definition) is 1. The molecule has 0 amide bonds. The minimum atomic E-state index is -0.0415. The number of allylic oxidation sites excluding steroid dienone is 4. The summed E-state index contributed by atoms with van der Waals surface area (Å²) in [7, 11) is 0. The Morgan fingerprint density at radius 3 is 1.53 bits per heavy atom. The zero-order valence-corrected chi connectivity index (χ0v) is 28.0. The second kappa shape index (κ2) is 11.7. The van der Waals surface area contributed by atoms with Gasteiger partial charge in [0.05, 0.1) is 5.52 Å². The molecule has 0 atom stereocenters. The normalized spacial score (nSPS) is 14.6. The molecule has 1 aliphatic heterocycles. The summed E-state index contributed by atoms with van der Waals surface area (Å²) in [5, 5.41) is 1.31. The quantitative estimate of drug-likeness (QED) is 0.177. The number of nitrogens with zero attached hydrogens (tertiary/aromatic N) is 2. The van der Waals surface area contributed by atoms with Crippen LogP contribution in [0, 0.1) is 0 Å². The van der Waals surface area contributed by atoms with Gasteiger partial charge in [-0.15, -0.1) is 0 Å². The second-order valence-electron chi connectivity index (χ2n) is 13.7. The first kappa shape index (κ1) is 29.3. The first-order valence-electron chi connectivity index (χ1n) is 17.3. The van der Waals surface area contributed by atoms with Gasteiger partial charge in [-0.3, -0.25) is 0 Å². The van der Waals surface area contributed by atoms with Gasteiger partial charge in [-0.05, 0) is 94.8 Å². The fraction of sp³-hybridized carbons (Fsp3) is 0.106. The molecule has 0 unspecified atom stereocenters. The lowest BCUT2D eigenvalue weighted by atomic mass is 9.76. The molecule has 0 saturated heterocycles. The lowest BCUT2D eigenvalue weighted by Crippen LogP contribution is -2.19. The van der Waals surface area contributed by atoms with Crippen LogP contribution in [0.4, 0.5) is 17.1 Å². The summed E-state index contributed by atoms with van der Waals surface area (Å²) >= 11 is 0. The third-order valence-corrected chi connectivity index (χ3v) is 10.5. The Balaban J connectivity index is 1.15. The molecule has 1 aliphatic carbocycles. The van der Waals surface area contributed by atoms with E-state index in [-0.39, 0.29) is 5.41 Å². The van der Waals surface area contributed by atoms with E-state index in [1.54, 1.807) is 5.57 Å². The van der Waals surface area contributed by atoms with E-state index in [2.05, 4.69) is 193 Å². The summed E-state index contributed by atoms with van der Waals surface area (Å²) in [6.45, 7) is 4.83. The summed E-state index contributed by atoms with van der Waals surface area (Å²) in [6.07, 6.45) is 6.92. The van der Waals surface area contributed by atoms with Crippen LogP contribution in [0.3, 0.4) is 0 Å². The lowest BCUT2D eigenvalue weighted by molar-refractivity contribution is 0.599. The molecule has 9 rings (SSSR count). The molecule has 2 heterocycles. The van der Waals surface area contributed by atoms with Gasteiger partial charge in [0.1, 0.15) is 0 Å². The number of fused-ring (bicyclic) bond motifs is 4. The highest BCUT2D eigenvalue weighted by Crippen LogP contribution is 2.53. The van der Waals surface area contributed by atoms with Crippen molar-refractivity contribution in [2.75, 3.05) is 4.90 Å². The van der Waals surface area contributed by atoms with Crippen LogP contribution in [0.25, 0.3) is 50.0 Å². The standard InChI is InChI=1S/C47H38N2/c1-47(2)42-18-10-12-20-44(42)49-43-19-11-9-17-41(43)45(46(47)49)37-25-31-40(32-26-37)48(38-27-21-35(22-28-38)33-13-5-3-6-14-33)39-29-23-36(24-30-39)34-15-7-4-8-16-34/h3-9,11-17,19-32H,10,18H2,1-2H3. The number of aromatic nitrogens is 1. The molecule has 0 fully saturated rings. The zero-order chi connectivity index (χ0) is 33.0. The van der Waals surface area contributed by atoms with Gasteiger partial charge in [-0.25, -0.2) is 0 Å². The number of hydrogen-bond donors (Lipinski definition) is 0. The minimum absolute atomic E-state index is 0.0415. The van der Waals surface area contributed by atoms with Gasteiger partial charge in [0.25, 0.3) is 0 Å². The molecule has 0 bridgehead atoms. The zero-order valence-electron chi connectivity index (χ0n) is 28.0. The van der Waals surface area contributed by atoms with Gasteiger partial charge in [-0.2, -0.15) is 0 Å². The van der Waals surface area contributed by atoms with Crippen LogP contribution in [0.15, 0.2) is 175 Å². The van der Waals surface area contributed by atoms with Crippen molar-refractivity contribution in [3.63, 3.8) is 0 Å². The van der Waals surface area contributed by atoms with Gasteiger partial charge in [0, 0.05) is 44.8 Å². The van der Waals surface area contributed by atoms with Crippen molar-refractivity contribution in [2.24, 2.45) is 0 Å². The molecule has 1 aromatic heterocycles. The molecule has 236 valence electrons.